The van der Waals surface area contributed by atoms with Crippen molar-refractivity contribution >= 4 is 22.6 Å². The number of nitrogens with zero attached hydrogens (tertiary/aromatic N) is 2. The summed E-state index contributed by atoms with van der Waals surface area (Å²) in [6.07, 6.45) is 24.8. The van der Waals surface area contributed by atoms with Crippen LogP contribution in [-0.2, 0) is 5.41 Å². The molecule has 0 saturated heterocycles. The summed E-state index contributed by atoms with van der Waals surface area (Å²) in [5.74, 6) is 0.388. The van der Waals surface area contributed by atoms with Crippen LogP contribution >= 0.6 is 0 Å². The summed E-state index contributed by atoms with van der Waals surface area (Å²) in [7, 11) is 0. The second kappa shape index (κ2) is 14.6. The maximum atomic E-state index is 5.31. The van der Waals surface area contributed by atoms with Gasteiger partial charge in [0.1, 0.15) is 0 Å². The van der Waals surface area contributed by atoms with Gasteiger partial charge in [0.25, 0.3) is 0 Å². The Labute approximate surface area is 266 Å². The van der Waals surface area contributed by atoms with Crippen molar-refractivity contribution in [2.45, 2.75) is 124 Å². The zero-order valence-electron chi connectivity index (χ0n) is 28.2. The molecular formula is C40H54N4. The summed E-state index contributed by atoms with van der Waals surface area (Å²) in [5.41, 5.74) is 13.0. The molecule has 0 saturated carbocycles. The molecule has 8 bridgehead atoms. The Bertz CT molecular complexity index is 1420. The van der Waals surface area contributed by atoms with E-state index in [4.69, 9.17) is 9.98 Å². The van der Waals surface area contributed by atoms with Crippen molar-refractivity contribution < 1.29 is 0 Å². The van der Waals surface area contributed by atoms with Crippen molar-refractivity contribution in [3.8, 4) is 0 Å². The minimum Gasteiger partial charge on any atom is -0.358 e. The standard InChI is InChI=1S/C40H54N4/c1-7-11-15-29-32-17-19-36(41-32)31(27-28(5)6)37-20-18-33(42-37)30(16-12-8-2)35-22-24-39(44-35)40(25-13-9-3,26-14-10-4)38-23-21-34(29)43-38/h17-24,27-28,43-44H,7-16,25-26H2,1-6H3/b32-29-,33-30-. The Balaban J connectivity index is 1.79. The average molecular weight is 591 g/mol. The second-order valence-corrected chi connectivity index (χ2v) is 13.3. The number of aliphatic imine (C=N–C) groups is 2. The molecule has 3 aliphatic heterocycles. The highest BCUT2D eigenvalue weighted by molar-refractivity contribution is 6.33. The van der Waals surface area contributed by atoms with Gasteiger partial charge in [-0.25, -0.2) is 9.98 Å². The molecule has 5 heterocycles. The number of hydrogen-bond donors (Lipinski definition) is 2. The molecule has 5 rings (SSSR count). The first kappa shape index (κ1) is 32.0. The van der Waals surface area contributed by atoms with E-state index in [1.807, 2.05) is 0 Å². The summed E-state index contributed by atoms with van der Waals surface area (Å²) >= 11 is 0. The van der Waals surface area contributed by atoms with Crippen LogP contribution in [0.1, 0.15) is 141 Å². The monoisotopic (exact) mass is 590 g/mol. The maximum Gasteiger partial charge on any atom is 0.0728 e. The van der Waals surface area contributed by atoms with E-state index in [1.165, 1.54) is 59.6 Å². The van der Waals surface area contributed by atoms with Gasteiger partial charge in [0.05, 0.1) is 28.2 Å². The van der Waals surface area contributed by atoms with Crippen LogP contribution in [0.5, 0.6) is 0 Å². The van der Waals surface area contributed by atoms with E-state index in [-0.39, 0.29) is 5.41 Å². The number of hydrogen-bond acceptors (Lipinski definition) is 2. The number of aromatic nitrogens is 2. The number of H-pyrrole nitrogens is 2. The number of nitrogens with one attached hydrogen (secondary N) is 2. The van der Waals surface area contributed by atoms with Crippen LogP contribution in [0.25, 0.3) is 11.1 Å². The Hall–Kier alpha value is -3.40. The molecule has 2 aromatic rings. The van der Waals surface area contributed by atoms with E-state index in [9.17, 15) is 0 Å². The van der Waals surface area contributed by atoms with Gasteiger partial charge in [0.2, 0.25) is 0 Å². The Morgan fingerprint density at radius 2 is 1.09 bits per heavy atom. The number of fused-ring (bicyclic) bond motifs is 6. The van der Waals surface area contributed by atoms with Gasteiger partial charge in [0.15, 0.2) is 0 Å². The first-order valence-corrected chi connectivity index (χ1v) is 17.6. The molecule has 0 spiro atoms. The molecule has 0 atom stereocenters. The third kappa shape index (κ3) is 6.65. The van der Waals surface area contributed by atoms with Crippen LogP contribution in [0, 0.1) is 5.92 Å². The van der Waals surface area contributed by atoms with Crippen LogP contribution in [0.3, 0.4) is 0 Å². The molecule has 0 fully saturated rings. The maximum absolute atomic E-state index is 5.31. The molecule has 0 aromatic carbocycles. The molecular weight excluding hydrogens is 536 g/mol. The van der Waals surface area contributed by atoms with Crippen molar-refractivity contribution in [1.29, 1.82) is 0 Å². The summed E-state index contributed by atoms with van der Waals surface area (Å²) < 4.78 is 0. The Morgan fingerprint density at radius 3 is 1.50 bits per heavy atom. The van der Waals surface area contributed by atoms with Gasteiger partial charge in [-0.15, -0.1) is 0 Å². The van der Waals surface area contributed by atoms with Crippen LogP contribution in [0.4, 0.5) is 0 Å². The third-order valence-electron chi connectivity index (χ3n) is 9.48. The van der Waals surface area contributed by atoms with E-state index in [2.05, 4.69) is 106 Å². The zero-order valence-corrected chi connectivity index (χ0v) is 28.2. The normalized spacial score (nSPS) is 20.6. The smallest absolute Gasteiger partial charge is 0.0728 e. The van der Waals surface area contributed by atoms with Crippen LogP contribution in [-0.4, -0.2) is 21.4 Å². The van der Waals surface area contributed by atoms with E-state index in [0.29, 0.717) is 5.92 Å². The highest BCUT2D eigenvalue weighted by atomic mass is 14.9. The lowest BCUT2D eigenvalue weighted by molar-refractivity contribution is 0.389. The van der Waals surface area contributed by atoms with Gasteiger partial charge >= 0.3 is 0 Å². The van der Waals surface area contributed by atoms with E-state index < -0.39 is 0 Å². The molecule has 234 valence electrons. The lowest BCUT2D eigenvalue weighted by Crippen LogP contribution is -2.29. The molecule has 4 heteroatoms. The van der Waals surface area contributed by atoms with Crippen LogP contribution < -0.4 is 0 Å². The number of allylic oxidation sites excluding steroid dienone is 8. The van der Waals surface area contributed by atoms with E-state index in [1.54, 1.807) is 0 Å². The lowest BCUT2D eigenvalue weighted by Gasteiger charge is -2.33. The molecule has 3 aliphatic rings. The predicted molar refractivity (Wildman–Crippen MR) is 190 cm³/mol. The predicted octanol–water partition coefficient (Wildman–Crippen LogP) is 11.4. The minimum absolute atomic E-state index is 0.0896. The summed E-state index contributed by atoms with van der Waals surface area (Å²) in [6.45, 7) is 13.7. The number of aromatic amines is 2. The summed E-state index contributed by atoms with van der Waals surface area (Å²) in [5, 5.41) is 0. The Kier molecular flexibility index (Phi) is 10.6. The molecule has 4 nitrogen and oxygen atoms in total. The topological polar surface area (TPSA) is 56.3 Å². The molecule has 0 unspecified atom stereocenters. The van der Waals surface area contributed by atoms with Gasteiger partial charge in [0, 0.05) is 39.5 Å². The quantitative estimate of drug-likeness (QED) is 0.233. The lowest BCUT2D eigenvalue weighted by atomic mass is 9.73. The van der Waals surface area contributed by atoms with Gasteiger partial charge in [-0.3, -0.25) is 0 Å². The van der Waals surface area contributed by atoms with Crippen LogP contribution in [0.15, 0.2) is 81.6 Å². The molecule has 0 aliphatic carbocycles. The average Bonchev–Trinajstić information content (AvgIpc) is 3.84. The van der Waals surface area contributed by atoms with E-state index in [0.717, 1.165) is 79.8 Å². The highest BCUT2D eigenvalue weighted by Gasteiger charge is 2.36. The summed E-state index contributed by atoms with van der Waals surface area (Å²) in [6, 6.07) is 9.42. The van der Waals surface area contributed by atoms with Crippen molar-refractivity contribution in [3.05, 3.63) is 94.4 Å². The SMILES string of the molecule is CCCC/C1=C2\C=CC(=N2)C(=CC(C)C)C2=N/C(=C(/CCCC)c3ccc([nH]3)C(CCCC)(CCCC)c3ccc1[nH]3)C=C2. The third-order valence-corrected chi connectivity index (χ3v) is 9.48. The van der Waals surface area contributed by atoms with Gasteiger partial charge in [-0.2, -0.15) is 0 Å². The fraction of sp³-hybridized carbons (Fsp3) is 0.500. The Morgan fingerprint density at radius 1 is 0.636 bits per heavy atom. The molecule has 0 radical (unpaired) electrons. The molecule has 44 heavy (non-hydrogen) atoms. The molecule has 2 aromatic heterocycles. The van der Waals surface area contributed by atoms with Crippen molar-refractivity contribution in [1.82, 2.24) is 9.97 Å². The fourth-order valence-corrected chi connectivity index (χ4v) is 6.97. The van der Waals surface area contributed by atoms with Gasteiger partial charge < -0.3 is 9.97 Å². The highest BCUT2D eigenvalue weighted by Crippen LogP contribution is 2.43. The van der Waals surface area contributed by atoms with Crippen molar-refractivity contribution in [3.63, 3.8) is 0 Å². The van der Waals surface area contributed by atoms with Crippen LogP contribution in [0.2, 0.25) is 0 Å². The van der Waals surface area contributed by atoms with E-state index >= 15 is 0 Å². The zero-order chi connectivity index (χ0) is 31.1. The molecule has 0 amide bonds. The van der Waals surface area contributed by atoms with Crippen molar-refractivity contribution in [2.75, 3.05) is 0 Å². The van der Waals surface area contributed by atoms with Gasteiger partial charge in [-0.05, 0) is 93.0 Å². The first-order chi connectivity index (χ1) is 21.4. The summed E-state index contributed by atoms with van der Waals surface area (Å²) in [4.78, 5) is 18.7. The number of unbranched alkanes of at least 4 members (excludes halogenated alkanes) is 4. The molecule has 2 N–H and O–H groups in total. The largest absolute Gasteiger partial charge is 0.358 e. The number of rotatable bonds is 13. The fourth-order valence-electron chi connectivity index (χ4n) is 6.97. The first-order valence-electron chi connectivity index (χ1n) is 17.6. The minimum atomic E-state index is -0.0896. The second-order valence-electron chi connectivity index (χ2n) is 13.3. The van der Waals surface area contributed by atoms with Gasteiger partial charge in [-0.1, -0.05) is 86.1 Å². The van der Waals surface area contributed by atoms with Crippen molar-refractivity contribution in [2.24, 2.45) is 15.9 Å².